The Labute approximate surface area is 241 Å². The predicted octanol–water partition coefficient (Wildman–Crippen LogP) is 5.10. The van der Waals surface area contributed by atoms with E-state index in [1.54, 1.807) is 17.0 Å². The normalized spacial score (nSPS) is 17.5. The predicted molar refractivity (Wildman–Crippen MR) is 158 cm³/mol. The highest BCUT2D eigenvalue weighted by molar-refractivity contribution is 5.82. The number of aliphatic hydroxyl groups is 1. The Bertz CT molecular complexity index is 1340. The van der Waals surface area contributed by atoms with E-state index < -0.39 is 29.5 Å². The lowest BCUT2D eigenvalue weighted by molar-refractivity contribution is -0.138. The lowest BCUT2D eigenvalue weighted by Gasteiger charge is -2.44. The maximum Gasteiger partial charge on any atom is 0.404 e. The molecular formula is C33H40FN3O4. The standard InChI is InChI=1S/C33H40FN3O4/c1-2-23-12-6-13-25(20-23)30-27(15-7-16-28(30)34)33(41,17-9-18-36-32(39)40)26-14-8-19-37(22-26)31(38)29(35)21-24-10-4-3-5-11-24/h3-7,10-13,15-16,20,26,29,36,41H,2,8-9,14,17-19,21-22,35H2,1H3,(H,39,40)/t26?,29-,33?/m0/s1. The van der Waals surface area contributed by atoms with E-state index in [-0.39, 0.29) is 25.4 Å². The largest absolute Gasteiger partial charge is 0.465 e. The molecule has 1 heterocycles. The number of carboxylic acid groups (broad SMARTS) is 1. The topological polar surface area (TPSA) is 116 Å². The van der Waals surface area contributed by atoms with Crippen LogP contribution in [-0.2, 0) is 23.2 Å². The molecule has 0 aliphatic carbocycles. The van der Waals surface area contributed by atoms with Crippen LogP contribution in [0.3, 0.4) is 0 Å². The van der Waals surface area contributed by atoms with E-state index in [4.69, 9.17) is 10.8 Å². The van der Waals surface area contributed by atoms with Crippen molar-refractivity contribution in [3.63, 3.8) is 0 Å². The third-order valence-electron chi connectivity index (χ3n) is 8.14. The number of amides is 2. The van der Waals surface area contributed by atoms with E-state index in [2.05, 4.69) is 5.32 Å². The van der Waals surface area contributed by atoms with Crippen LogP contribution in [0.4, 0.5) is 9.18 Å². The molecule has 41 heavy (non-hydrogen) atoms. The van der Waals surface area contributed by atoms with Crippen molar-refractivity contribution in [2.45, 2.75) is 57.1 Å². The number of likely N-dealkylation sites (tertiary alicyclic amines) is 1. The van der Waals surface area contributed by atoms with E-state index in [1.165, 1.54) is 6.07 Å². The second-order valence-electron chi connectivity index (χ2n) is 10.9. The molecule has 1 saturated heterocycles. The van der Waals surface area contributed by atoms with Crippen molar-refractivity contribution in [3.8, 4) is 11.1 Å². The van der Waals surface area contributed by atoms with Crippen molar-refractivity contribution >= 4 is 12.0 Å². The maximum absolute atomic E-state index is 15.6. The molecule has 0 spiro atoms. The summed E-state index contributed by atoms with van der Waals surface area (Å²) in [6, 6.07) is 21.3. The van der Waals surface area contributed by atoms with E-state index in [0.717, 1.165) is 17.5 Å². The van der Waals surface area contributed by atoms with E-state index >= 15 is 4.39 Å². The number of aryl methyl sites for hydroxylation is 1. The Morgan fingerprint density at radius 2 is 1.83 bits per heavy atom. The van der Waals surface area contributed by atoms with Crippen LogP contribution in [0.15, 0.2) is 72.8 Å². The summed E-state index contributed by atoms with van der Waals surface area (Å²) < 4.78 is 15.6. The molecule has 7 nitrogen and oxygen atoms in total. The van der Waals surface area contributed by atoms with Crippen LogP contribution in [0, 0.1) is 11.7 Å². The van der Waals surface area contributed by atoms with E-state index in [9.17, 15) is 14.7 Å². The van der Waals surface area contributed by atoms with Gasteiger partial charge in [0.1, 0.15) is 5.82 Å². The number of hydrogen-bond acceptors (Lipinski definition) is 4. The van der Waals surface area contributed by atoms with Gasteiger partial charge in [-0.05, 0) is 66.8 Å². The summed E-state index contributed by atoms with van der Waals surface area (Å²) >= 11 is 0. The number of hydrogen-bond donors (Lipinski definition) is 4. The fraction of sp³-hybridized carbons (Fsp3) is 0.394. The Balaban J connectivity index is 1.67. The smallest absolute Gasteiger partial charge is 0.404 e. The third kappa shape index (κ3) is 7.31. The minimum atomic E-state index is -1.51. The number of halogens is 1. The minimum Gasteiger partial charge on any atom is -0.465 e. The number of benzene rings is 3. The van der Waals surface area contributed by atoms with Gasteiger partial charge in [-0.15, -0.1) is 0 Å². The number of nitrogens with two attached hydrogens (primary N) is 1. The zero-order valence-corrected chi connectivity index (χ0v) is 23.6. The second-order valence-corrected chi connectivity index (χ2v) is 10.9. The molecule has 0 saturated carbocycles. The molecule has 0 radical (unpaired) electrons. The monoisotopic (exact) mass is 561 g/mol. The summed E-state index contributed by atoms with van der Waals surface area (Å²) in [6.07, 6.45) is 1.88. The summed E-state index contributed by atoms with van der Waals surface area (Å²) in [7, 11) is 0. The quantitative estimate of drug-likeness (QED) is 0.243. The van der Waals surface area contributed by atoms with Gasteiger partial charge in [0.05, 0.1) is 11.6 Å². The first-order valence-electron chi connectivity index (χ1n) is 14.4. The molecular weight excluding hydrogens is 521 g/mol. The number of nitrogens with one attached hydrogen (secondary N) is 1. The lowest BCUT2D eigenvalue weighted by atomic mass is 9.72. The van der Waals surface area contributed by atoms with Gasteiger partial charge in [-0.1, -0.05) is 73.7 Å². The van der Waals surface area contributed by atoms with Gasteiger partial charge in [0.15, 0.2) is 0 Å². The van der Waals surface area contributed by atoms with Crippen LogP contribution < -0.4 is 11.1 Å². The van der Waals surface area contributed by atoms with Gasteiger partial charge in [0.2, 0.25) is 5.91 Å². The first-order chi connectivity index (χ1) is 19.7. The van der Waals surface area contributed by atoms with E-state index in [1.807, 2.05) is 61.5 Å². The summed E-state index contributed by atoms with van der Waals surface area (Å²) in [5.74, 6) is -1.01. The summed E-state index contributed by atoms with van der Waals surface area (Å²) in [5.41, 5.74) is 8.33. The SMILES string of the molecule is CCc1cccc(-c2c(F)cccc2C(O)(CCCNC(=O)O)C2CCCN(C(=O)[C@@H](N)Cc3ccccc3)C2)c1. The molecule has 2 unspecified atom stereocenters. The molecule has 0 bridgehead atoms. The highest BCUT2D eigenvalue weighted by atomic mass is 19.1. The molecule has 1 fully saturated rings. The fourth-order valence-electron chi connectivity index (χ4n) is 5.99. The van der Waals surface area contributed by atoms with Crippen LogP contribution >= 0.6 is 0 Å². The summed E-state index contributed by atoms with van der Waals surface area (Å²) in [6.45, 7) is 2.98. The Morgan fingerprint density at radius 3 is 2.56 bits per heavy atom. The van der Waals surface area contributed by atoms with Crippen molar-refractivity contribution in [1.82, 2.24) is 10.2 Å². The molecule has 1 aliphatic heterocycles. The second kappa shape index (κ2) is 13.7. The van der Waals surface area contributed by atoms with Crippen LogP contribution in [-0.4, -0.2) is 52.8 Å². The van der Waals surface area contributed by atoms with Crippen LogP contribution in [0.5, 0.6) is 0 Å². The molecule has 3 aromatic carbocycles. The van der Waals surface area contributed by atoms with Gasteiger partial charge in [-0.2, -0.15) is 0 Å². The van der Waals surface area contributed by atoms with Crippen molar-refractivity contribution in [2.75, 3.05) is 19.6 Å². The van der Waals surface area contributed by atoms with Gasteiger partial charge >= 0.3 is 6.09 Å². The third-order valence-corrected chi connectivity index (χ3v) is 8.14. The molecule has 8 heteroatoms. The van der Waals surface area contributed by atoms with Crippen LogP contribution in [0.25, 0.3) is 11.1 Å². The number of carbonyl (C=O) groups is 2. The van der Waals surface area contributed by atoms with Gasteiger partial charge < -0.3 is 26.2 Å². The van der Waals surface area contributed by atoms with Gasteiger partial charge in [-0.25, -0.2) is 9.18 Å². The first kappa shape index (κ1) is 30.2. The molecule has 1 aliphatic rings. The molecule has 3 aromatic rings. The Kier molecular flexibility index (Phi) is 10.1. The van der Waals surface area contributed by atoms with Gasteiger partial charge in [0.25, 0.3) is 0 Å². The van der Waals surface area contributed by atoms with Gasteiger partial charge in [-0.3, -0.25) is 4.79 Å². The number of nitrogens with zero attached hydrogens (tertiary/aromatic N) is 1. The lowest BCUT2D eigenvalue weighted by Crippen LogP contribution is -2.52. The maximum atomic E-state index is 15.6. The fourth-order valence-corrected chi connectivity index (χ4v) is 5.99. The van der Waals surface area contributed by atoms with Crippen LogP contribution in [0.1, 0.15) is 49.3 Å². The van der Waals surface area contributed by atoms with Crippen LogP contribution in [0.2, 0.25) is 0 Å². The molecule has 0 aromatic heterocycles. The average Bonchev–Trinajstić information content (AvgIpc) is 2.99. The molecule has 5 N–H and O–H groups in total. The van der Waals surface area contributed by atoms with E-state index in [0.29, 0.717) is 48.9 Å². The molecule has 2 amide bonds. The Morgan fingerprint density at radius 1 is 1.10 bits per heavy atom. The average molecular weight is 562 g/mol. The van der Waals surface area contributed by atoms with Crippen molar-refractivity contribution in [2.24, 2.45) is 11.7 Å². The highest BCUT2D eigenvalue weighted by Gasteiger charge is 2.43. The van der Waals surface area contributed by atoms with Crippen molar-refractivity contribution < 1.29 is 24.2 Å². The Hall–Kier alpha value is -3.75. The zero-order valence-electron chi connectivity index (χ0n) is 23.6. The molecule has 4 rings (SSSR count). The summed E-state index contributed by atoms with van der Waals surface area (Å²) in [4.78, 5) is 26.2. The van der Waals surface area contributed by atoms with Crippen molar-refractivity contribution in [1.29, 1.82) is 0 Å². The number of piperidine rings is 1. The highest BCUT2D eigenvalue weighted by Crippen LogP contribution is 2.44. The van der Waals surface area contributed by atoms with Crippen molar-refractivity contribution in [3.05, 3.63) is 95.3 Å². The molecule has 3 atom stereocenters. The molecule has 218 valence electrons. The summed E-state index contributed by atoms with van der Waals surface area (Å²) in [5, 5.41) is 24.0. The first-order valence-corrected chi connectivity index (χ1v) is 14.4. The zero-order chi connectivity index (χ0) is 29.4. The van der Waals surface area contributed by atoms with Gasteiger partial charge in [0, 0.05) is 31.1 Å². The number of rotatable bonds is 11. The number of carbonyl (C=O) groups excluding carboxylic acids is 1. The minimum absolute atomic E-state index is 0.144.